The van der Waals surface area contributed by atoms with E-state index in [0.717, 1.165) is 22.5 Å². The summed E-state index contributed by atoms with van der Waals surface area (Å²) < 4.78 is 0. The first-order valence-corrected chi connectivity index (χ1v) is 7.23. The van der Waals surface area contributed by atoms with E-state index in [0.29, 0.717) is 12.6 Å². The number of rotatable bonds is 5. The second-order valence-corrected chi connectivity index (χ2v) is 5.70. The van der Waals surface area contributed by atoms with Crippen molar-refractivity contribution < 1.29 is 4.79 Å². The Bertz CT molecular complexity index is 615. The van der Waals surface area contributed by atoms with Crippen LogP contribution < -0.4 is 5.32 Å². The fourth-order valence-corrected chi connectivity index (χ4v) is 2.60. The lowest BCUT2D eigenvalue weighted by atomic mass is 10.1. The number of benzene rings is 1. The van der Waals surface area contributed by atoms with Gasteiger partial charge in [-0.1, -0.05) is 6.07 Å². The second-order valence-electron chi connectivity index (χ2n) is 5.70. The number of hydrogen-bond acceptors (Lipinski definition) is 2. The molecule has 0 spiro atoms. The topological polar surface area (TPSA) is 48.1 Å². The molecule has 1 saturated carbocycles. The average molecular weight is 271 g/mol. The number of carbonyl (C=O) groups excluding carboxylic acids is 1. The molecular weight excluding hydrogens is 250 g/mol. The molecule has 1 amide bonds. The number of aromatic amines is 1. The molecule has 0 bridgehead atoms. The minimum absolute atomic E-state index is 0.00578. The number of fused-ring (bicyclic) bond motifs is 1. The molecular formula is C16H21N3O. The number of carbonyl (C=O) groups is 1. The van der Waals surface area contributed by atoms with Crippen LogP contribution in [0.15, 0.2) is 30.5 Å². The molecule has 0 aliphatic heterocycles. The molecule has 4 nitrogen and oxygen atoms in total. The molecule has 1 unspecified atom stereocenters. The van der Waals surface area contributed by atoms with E-state index in [-0.39, 0.29) is 5.91 Å². The Hall–Kier alpha value is -1.81. The Morgan fingerprint density at radius 2 is 2.25 bits per heavy atom. The molecule has 2 N–H and O–H groups in total. The normalized spacial score (nSPS) is 16.6. The highest BCUT2D eigenvalue weighted by Crippen LogP contribution is 2.26. The fourth-order valence-electron chi connectivity index (χ4n) is 2.60. The minimum Gasteiger partial charge on any atom is -0.361 e. The van der Waals surface area contributed by atoms with Gasteiger partial charge in [-0.25, -0.2) is 0 Å². The maximum Gasteiger partial charge on any atom is 0.252 e. The van der Waals surface area contributed by atoms with Gasteiger partial charge in [0.05, 0.1) is 0 Å². The number of nitrogens with zero attached hydrogens (tertiary/aromatic N) is 1. The van der Waals surface area contributed by atoms with Crippen LogP contribution in [-0.4, -0.2) is 41.5 Å². The van der Waals surface area contributed by atoms with Crippen molar-refractivity contribution in [3.05, 3.63) is 36.0 Å². The first-order valence-electron chi connectivity index (χ1n) is 7.23. The Morgan fingerprint density at radius 3 is 3.00 bits per heavy atom. The van der Waals surface area contributed by atoms with Crippen molar-refractivity contribution in [2.24, 2.45) is 0 Å². The van der Waals surface area contributed by atoms with Crippen LogP contribution in [0, 0.1) is 0 Å². The molecule has 4 heteroatoms. The number of H-pyrrole nitrogens is 1. The summed E-state index contributed by atoms with van der Waals surface area (Å²) in [7, 11) is 2.14. The van der Waals surface area contributed by atoms with Gasteiger partial charge in [-0.15, -0.1) is 0 Å². The Labute approximate surface area is 119 Å². The number of nitrogens with one attached hydrogen (secondary N) is 2. The smallest absolute Gasteiger partial charge is 0.252 e. The highest BCUT2D eigenvalue weighted by atomic mass is 16.1. The molecule has 2 aromatic rings. The van der Waals surface area contributed by atoms with Gasteiger partial charge in [0.1, 0.15) is 0 Å². The number of amides is 1. The highest BCUT2D eigenvalue weighted by Gasteiger charge is 2.29. The molecule has 0 saturated heterocycles. The van der Waals surface area contributed by atoms with Gasteiger partial charge in [0.25, 0.3) is 5.91 Å². The van der Waals surface area contributed by atoms with E-state index in [2.05, 4.69) is 29.2 Å². The quantitative estimate of drug-likeness (QED) is 0.877. The van der Waals surface area contributed by atoms with E-state index in [1.165, 1.54) is 12.8 Å². The molecule has 1 atom stereocenters. The zero-order valence-corrected chi connectivity index (χ0v) is 12.0. The van der Waals surface area contributed by atoms with Crippen molar-refractivity contribution in [3.63, 3.8) is 0 Å². The van der Waals surface area contributed by atoms with Crippen molar-refractivity contribution >= 4 is 16.8 Å². The zero-order chi connectivity index (χ0) is 14.1. The van der Waals surface area contributed by atoms with Crippen LogP contribution >= 0.6 is 0 Å². The van der Waals surface area contributed by atoms with E-state index in [4.69, 9.17) is 0 Å². The predicted molar refractivity (Wildman–Crippen MR) is 80.9 cm³/mol. The second kappa shape index (κ2) is 5.29. The monoisotopic (exact) mass is 271 g/mol. The van der Waals surface area contributed by atoms with Crippen LogP contribution in [0.2, 0.25) is 0 Å². The number of hydrogen-bond donors (Lipinski definition) is 2. The molecule has 1 aliphatic carbocycles. The van der Waals surface area contributed by atoms with E-state index >= 15 is 0 Å². The molecule has 3 rings (SSSR count). The van der Waals surface area contributed by atoms with Crippen LogP contribution in [0.4, 0.5) is 0 Å². The van der Waals surface area contributed by atoms with E-state index < -0.39 is 0 Å². The summed E-state index contributed by atoms with van der Waals surface area (Å²) in [5.74, 6) is 0.00578. The first kappa shape index (κ1) is 13.2. The lowest BCUT2D eigenvalue weighted by Crippen LogP contribution is -2.41. The molecule has 20 heavy (non-hydrogen) atoms. The summed E-state index contributed by atoms with van der Waals surface area (Å²) in [6.07, 6.45) is 4.44. The van der Waals surface area contributed by atoms with Crippen LogP contribution in [0.25, 0.3) is 10.9 Å². The lowest BCUT2D eigenvalue weighted by molar-refractivity contribution is 0.0941. The van der Waals surface area contributed by atoms with Crippen molar-refractivity contribution in [2.75, 3.05) is 13.6 Å². The molecule has 0 radical (unpaired) electrons. The van der Waals surface area contributed by atoms with Gasteiger partial charge in [-0.05, 0) is 45.0 Å². The van der Waals surface area contributed by atoms with Crippen molar-refractivity contribution in [3.8, 4) is 0 Å². The average Bonchev–Trinajstić information content (AvgIpc) is 3.20. The van der Waals surface area contributed by atoms with Gasteiger partial charge in [-0.3, -0.25) is 9.69 Å². The van der Waals surface area contributed by atoms with E-state index in [1.54, 1.807) is 0 Å². The third-order valence-corrected chi connectivity index (χ3v) is 4.22. The Balaban J connectivity index is 1.65. The molecule has 1 heterocycles. The molecule has 1 aliphatic rings. The summed E-state index contributed by atoms with van der Waals surface area (Å²) in [4.78, 5) is 17.8. The third kappa shape index (κ3) is 2.56. The summed E-state index contributed by atoms with van der Waals surface area (Å²) in [6, 6.07) is 8.81. The summed E-state index contributed by atoms with van der Waals surface area (Å²) >= 11 is 0. The van der Waals surface area contributed by atoms with Gasteiger partial charge in [0.15, 0.2) is 0 Å². The van der Waals surface area contributed by atoms with Crippen molar-refractivity contribution in [1.29, 1.82) is 0 Å². The summed E-state index contributed by atoms with van der Waals surface area (Å²) in [5.41, 5.74) is 1.74. The summed E-state index contributed by atoms with van der Waals surface area (Å²) in [6.45, 7) is 2.85. The molecule has 1 aromatic carbocycles. The predicted octanol–water partition coefficient (Wildman–Crippen LogP) is 2.38. The van der Waals surface area contributed by atoms with E-state index in [9.17, 15) is 4.79 Å². The van der Waals surface area contributed by atoms with Crippen LogP contribution in [0.3, 0.4) is 0 Å². The van der Waals surface area contributed by atoms with Gasteiger partial charge >= 0.3 is 0 Å². The van der Waals surface area contributed by atoms with Crippen molar-refractivity contribution in [2.45, 2.75) is 31.8 Å². The summed E-state index contributed by atoms with van der Waals surface area (Å²) in [5, 5.41) is 4.03. The van der Waals surface area contributed by atoms with Gasteiger partial charge in [0.2, 0.25) is 0 Å². The first-order chi connectivity index (χ1) is 9.66. The largest absolute Gasteiger partial charge is 0.361 e. The highest BCUT2D eigenvalue weighted by molar-refractivity contribution is 6.06. The van der Waals surface area contributed by atoms with Crippen LogP contribution in [-0.2, 0) is 0 Å². The van der Waals surface area contributed by atoms with Crippen LogP contribution in [0.1, 0.15) is 30.1 Å². The lowest BCUT2D eigenvalue weighted by Gasteiger charge is -2.24. The van der Waals surface area contributed by atoms with Gasteiger partial charge < -0.3 is 10.3 Å². The van der Waals surface area contributed by atoms with E-state index in [1.807, 2.05) is 30.5 Å². The standard InChI is InChI=1S/C16H21N3O/c1-11(19(2)12-6-7-12)10-18-16(20)14-4-3-5-15-13(14)8-9-17-15/h3-5,8-9,11-12,17H,6-7,10H2,1-2H3,(H,18,20). The number of likely N-dealkylation sites (N-methyl/N-ethyl adjacent to an activating group) is 1. The Kier molecular flexibility index (Phi) is 3.49. The maximum absolute atomic E-state index is 12.3. The third-order valence-electron chi connectivity index (χ3n) is 4.22. The zero-order valence-electron chi connectivity index (χ0n) is 12.0. The van der Waals surface area contributed by atoms with Gasteiger partial charge in [0, 0.05) is 41.3 Å². The molecule has 1 aromatic heterocycles. The minimum atomic E-state index is 0.00578. The molecule has 1 fully saturated rings. The van der Waals surface area contributed by atoms with Gasteiger partial charge in [-0.2, -0.15) is 0 Å². The molecule has 106 valence electrons. The number of aromatic nitrogens is 1. The van der Waals surface area contributed by atoms with Crippen LogP contribution in [0.5, 0.6) is 0 Å². The SMILES string of the molecule is CC(CNC(=O)c1cccc2[nH]ccc12)N(C)C1CC1. The fraction of sp³-hybridized carbons (Fsp3) is 0.438. The maximum atomic E-state index is 12.3. The Morgan fingerprint density at radius 1 is 1.45 bits per heavy atom. The van der Waals surface area contributed by atoms with Crippen molar-refractivity contribution in [1.82, 2.24) is 15.2 Å².